The van der Waals surface area contributed by atoms with Crippen LogP contribution in [0.25, 0.3) is 11.3 Å². The molecule has 0 aliphatic rings. The fraction of sp³-hybridized carbons (Fsp3) is 0.111. The van der Waals surface area contributed by atoms with Crippen molar-refractivity contribution in [3.05, 3.63) is 71.6 Å². The first-order valence-electron chi connectivity index (χ1n) is 7.74. The molecule has 2 aromatic carbocycles. The highest BCUT2D eigenvalue weighted by molar-refractivity contribution is 6.03. The number of carbonyl (C=O) groups is 1. The molecule has 0 atom stereocenters. The lowest BCUT2D eigenvalue weighted by Gasteiger charge is -2.08. The standard InChI is InChI=1S/C18H15F2N5O/c1-11(13-3-5-14(19)6-4-13)9-18(26)21-15-7-8-16(20)17(10-15)25-12(2)22-23-24-25/h3-10H,1-2H3,(H,21,26)/b11-9+. The molecular formula is C18H15F2N5O. The summed E-state index contributed by atoms with van der Waals surface area (Å²) in [6, 6.07) is 9.93. The number of allylic oxidation sites excluding steroid dienone is 1. The molecule has 3 rings (SSSR count). The van der Waals surface area contributed by atoms with Crippen LogP contribution in [0, 0.1) is 18.6 Å². The van der Waals surface area contributed by atoms with Gasteiger partial charge in [0.05, 0.1) is 0 Å². The van der Waals surface area contributed by atoms with Gasteiger partial charge in [-0.15, -0.1) is 5.10 Å². The first-order valence-corrected chi connectivity index (χ1v) is 7.74. The Labute approximate surface area is 148 Å². The van der Waals surface area contributed by atoms with Gasteiger partial charge in [0.2, 0.25) is 5.91 Å². The van der Waals surface area contributed by atoms with E-state index in [0.717, 1.165) is 5.56 Å². The third-order valence-corrected chi connectivity index (χ3v) is 3.71. The number of halogens is 2. The molecule has 0 saturated heterocycles. The fourth-order valence-corrected chi connectivity index (χ4v) is 2.38. The van der Waals surface area contributed by atoms with Gasteiger partial charge in [0.25, 0.3) is 0 Å². The minimum Gasteiger partial charge on any atom is -0.322 e. The lowest BCUT2D eigenvalue weighted by Crippen LogP contribution is -2.10. The Hall–Kier alpha value is -3.42. The molecule has 0 radical (unpaired) electrons. The van der Waals surface area contributed by atoms with Crippen LogP contribution in [0.15, 0.2) is 48.5 Å². The van der Waals surface area contributed by atoms with Crippen LogP contribution in [0.5, 0.6) is 0 Å². The van der Waals surface area contributed by atoms with Gasteiger partial charge in [-0.1, -0.05) is 12.1 Å². The SMILES string of the molecule is C/C(=C\C(=O)Nc1ccc(F)c(-n2nnnc2C)c1)c1ccc(F)cc1. The Morgan fingerprint density at radius 1 is 1.15 bits per heavy atom. The predicted molar refractivity (Wildman–Crippen MR) is 92.5 cm³/mol. The molecule has 0 spiro atoms. The van der Waals surface area contributed by atoms with Crippen LogP contribution in [-0.2, 0) is 4.79 Å². The molecule has 3 aromatic rings. The van der Waals surface area contributed by atoms with E-state index in [4.69, 9.17) is 0 Å². The normalized spacial score (nSPS) is 11.5. The van der Waals surface area contributed by atoms with Crippen LogP contribution >= 0.6 is 0 Å². The number of aromatic nitrogens is 4. The van der Waals surface area contributed by atoms with Gasteiger partial charge in [-0.25, -0.2) is 8.78 Å². The van der Waals surface area contributed by atoms with Crippen molar-refractivity contribution in [3.8, 4) is 5.69 Å². The molecule has 0 aliphatic carbocycles. The molecule has 1 heterocycles. The van der Waals surface area contributed by atoms with Crippen molar-refractivity contribution < 1.29 is 13.6 Å². The van der Waals surface area contributed by atoms with E-state index in [-0.39, 0.29) is 11.5 Å². The summed E-state index contributed by atoms with van der Waals surface area (Å²) in [6.45, 7) is 3.38. The number of carbonyl (C=O) groups excluding carboxylic acids is 1. The number of hydrogen-bond acceptors (Lipinski definition) is 4. The molecule has 0 unspecified atom stereocenters. The molecule has 0 bridgehead atoms. The summed E-state index contributed by atoms with van der Waals surface area (Å²) in [4.78, 5) is 12.2. The van der Waals surface area contributed by atoms with Crippen LogP contribution in [0.4, 0.5) is 14.5 Å². The summed E-state index contributed by atoms with van der Waals surface area (Å²) in [5.74, 6) is -0.837. The molecule has 6 nitrogen and oxygen atoms in total. The molecule has 1 aromatic heterocycles. The maximum Gasteiger partial charge on any atom is 0.248 e. The van der Waals surface area contributed by atoms with Crippen LogP contribution in [0.3, 0.4) is 0 Å². The first-order chi connectivity index (χ1) is 12.4. The quantitative estimate of drug-likeness (QED) is 0.729. The second kappa shape index (κ2) is 7.22. The van der Waals surface area contributed by atoms with E-state index < -0.39 is 11.7 Å². The van der Waals surface area contributed by atoms with Crippen LogP contribution < -0.4 is 5.32 Å². The third kappa shape index (κ3) is 3.80. The van der Waals surface area contributed by atoms with Crippen LogP contribution in [0.2, 0.25) is 0 Å². The highest BCUT2D eigenvalue weighted by Gasteiger charge is 2.11. The van der Waals surface area contributed by atoms with E-state index in [2.05, 4.69) is 20.8 Å². The number of anilines is 1. The Morgan fingerprint density at radius 2 is 1.88 bits per heavy atom. The largest absolute Gasteiger partial charge is 0.322 e. The molecule has 0 saturated carbocycles. The Kier molecular flexibility index (Phi) is 4.83. The number of hydrogen-bond donors (Lipinski definition) is 1. The second-order valence-electron chi connectivity index (χ2n) is 5.63. The lowest BCUT2D eigenvalue weighted by atomic mass is 10.1. The number of aryl methyl sites for hydroxylation is 1. The van der Waals surface area contributed by atoms with Gasteiger partial charge < -0.3 is 5.32 Å². The number of nitrogens with one attached hydrogen (secondary N) is 1. The monoisotopic (exact) mass is 355 g/mol. The van der Waals surface area contributed by atoms with E-state index in [9.17, 15) is 13.6 Å². The van der Waals surface area contributed by atoms with Gasteiger partial charge in [-0.3, -0.25) is 4.79 Å². The van der Waals surface area contributed by atoms with Crippen LogP contribution in [-0.4, -0.2) is 26.1 Å². The number of benzene rings is 2. The third-order valence-electron chi connectivity index (χ3n) is 3.71. The van der Waals surface area contributed by atoms with Crippen molar-refractivity contribution in [1.82, 2.24) is 20.2 Å². The van der Waals surface area contributed by atoms with Crippen molar-refractivity contribution in [2.24, 2.45) is 0 Å². The van der Waals surface area contributed by atoms with Gasteiger partial charge >= 0.3 is 0 Å². The molecule has 0 fully saturated rings. The Balaban J connectivity index is 1.80. The van der Waals surface area contributed by atoms with Gasteiger partial charge in [-0.2, -0.15) is 4.68 Å². The van der Waals surface area contributed by atoms with Gasteiger partial charge in [-0.05, 0) is 65.7 Å². The highest BCUT2D eigenvalue weighted by atomic mass is 19.1. The van der Waals surface area contributed by atoms with E-state index in [0.29, 0.717) is 17.1 Å². The molecule has 8 heteroatoms. The highest BCUT2D eigenvalue weighted by Crippen LogP contribution is 2.19. The van der Waals surface area contributed by atoms with Gasteiger partial charge in [0.1, 0.15) is 17.3 Å². The molecule has 1 N–H and O–H groups in total. The molecule has 0 aliphatic heterocycles. The van der Waals surface area contributed by atoms with Crippen molar-refractivity contribution in [3.63, 3.8) is 0 Å². The molecule has 1 amide bonds. The number of amides is 1. The number of rotatable bonds is 4. The average molecular weight is 355 g/mol. The smallest absolute Gasteiger partial charge is 0.248 e. The van der Waals surface area contributed by atoms with E-state index in [1.54, 1.807) is 26.0 Å². The summed E-state index contributed by atoms with van der Waals surface area (Å²) in [7, 11) is 0. The maximum absolute atomic E-state index is 14.0. The Morgan fingerprint density at radius 3 is 2.54 bits per heavy atom. The zero-order valence-electron chi connectivity index (χ0n) is 14.1. The summed E-state index contributed by atoms with van der Waals surface area (Å²) in [6.07, 6.45) is 1.39. The molecule has 26 heavy (non-hydrogen) atoms. The Bertz CT molecular complexity index is 980. The number of tetrazole rings is 1. The van der Waals surface area contributed by atoms with Gasteiger partial charge in [0, 0.05) is 11.8 Å². The van der Waals surface area contributed by atoms with Crippen molar-refractivity contribution in [2.75, 3.05) is 5.32 Å². The fourth-order valence-electron chi connectivity index (χ4n) is 2.38. The second-order valence-corrected chi connectivity index (χ2v) is 5.63. The number of nitrogens with zero attached hydrogens (tertiary/aromatic N) is 4. The van der Waals surface area contributed by atoms with Gasteiger partial charge in [0.15, 0.2) is 5.82 Å². The van der Waals surface area contributed by atoms with E-state index in [1.165, 1.54) is 41.1 Å². The van der Waals surface area contributed by atoms with Crippen molar-refractivity contribution in [1.29, 1.82) is 0 Å². The van der Waals surface area contributed by atoms with E-state index >= 15 is 0 Å². The predicted octanol–water partition coefficient (Wildman–Crippen LogP) is 3.29. The molecular weight excluding hydrogens is 340 g/mol. The minimum atomic E-state index is -0.517. The van der Waals surface area contributed by atoms with Crippen molar-refractivity contribution in [2.45, 2.75) is 13.8 Å². The zero-order valence-corrected chi connectivity index (χ0v) is 14.1. The average Bonchev–Trinajstić information content (AvgIpc) is 3.03. The summed E-state index contributed by atoms with van der Waals surface area (Å²) in [5, 5.41) is 13.6. The van der Waals surface area contributed by atoms with Crippen molar-refractivity contribution >= 4 is 17.2 Å². The van der Waals surface area contributed by atoms with E-state index in [1.807, 2.05) is 0 Å². The zero-order chi connectivity index (χ0) is 18.7. The first kappa shape index (κ1) is 17.4. The summed E-state index contributed by atoms with van der Waals surface area (Å²) >= 11 is 0. The lowest BCUT2D eigenvalue weighted by molar-refractivity contribution is -0.111. The minimum absolute atomic E-state index is 0.129. The summed E-state index contributed by atoms with van der Waals surface area (Å²) in [5.41, 5.74) is 1.92. The summed E-state index contributed by atoms with van der Waals surface area (Å²) < 4.78 is 28.3. The maximum atomic E-state index is 14.0. The molecule has 132 valence electrons. The van der Waals surface area contributed by atoms with Crippen LogP contribution in [0.1, 0.15) is 18.3 Å². The topological polar surface area (TPSA) is 72.7 Å².